The SMILES string of the molecule is CCCCCCCC/C=C\CCCCCCC(C(=O)O)N1C(C)(C)CC(C(=O)OCCCCCCCCCC[P+](c2ccccc2)(c2ccccc2)c2ccccc2)C1(C)C. The van der Waals surface area contributed by atoms with Crippen molar-refractivity contribution in [2.24, 2.45) is 5.92 Å². The van der Waals surface area contributed by atoms with E-state index in [1.165, 1.54) is 99.1 Å². The van der Waals surface area contributed by atoms with Crippen LogP contribution in [0.25, 0.3) is 0 Å². The maximum atomic E-state index is 13.6. The van der Waals surface area contributed by atoms with Crippen molar-refractivity contribution in [1.29, 1.82) is 0 Å². The Balaban J connectivity index is 1.13. The van der Waals surface area contributed by atoms with E-state index < -0.39 is 30.4 Å². The zero-order valence-corrected chi connectivity index (χ0v) is 39.9. The van der Waals surface area contributed by atoms with Crippen molar-refractivity contribution in [3.63, 3.8) is 0 Å². The zero-order chi connectivity index (χ0) is 43.8. The average Bonchev–Trinajstić information content (AvgIpc) is 3.46. The van der Waals surface area contributed by atoms with Crippen molar-refractivity contribution < 1.29 is 19.4 Å². The fourth-order valence-corrected chi connectivity index (χ4v) is 14.7. The molecule has 1 saturated heterocycles. The summed E-state index contributed by atoms with van der Waals surface area (Å²) >= 11 is 0. The van der Waals surface area contributed by atoms with E-state index in [2.05, 4.69) is 129 Å². The Kier molecular flexibility index (Phi) is 22.3. The Bertz CT molecular complexity index is 1580. The van der Waals surface area contributed by atoms with Gasteiger partial charge in [0.25, 0.3) is 0 Å². The number of nitrogens with zero attached hydrogens (tertiary/aromatic N) is 1. The maximum absolute atomic E-state index is 13.6. The van der Waals surface area contributed by atoms with Crippen LogP contribution >= 0.6 is 7.26 Å². The van der Waals surface area contributed by atoms with Crippen molar-refractivity contribution in [2.75, 3.05) is 12.8 Å². The van der Waals surface area contributed by atoms with Gasteiger partial charge in [-0.15, -0.1) is 0 Å². The van der Waals surface area contributed by atoms with E-state index in [1.54, 1.807) is 0 Å². The summed E-state index contributed by atoms with van der Waals surface area (Å²) in [4.78, 5) is 28.4. The van der Waals surface area contributed by atoms with Crippen LogP contribution in [-0.2, 0) is 14.3 Å². The van der Waals surface area contributed by atoms with Crippen LogP contribution in [0, 0.1) is 5.92 Å². The van der Waals surface area contributed by atoms with Crippen LogP contribution in [0.3, 0.4) is 0 Å². The summed E-state index contributed by atoms with van der Waals surface area (Å²) in [5.41, 5.74) is -1.01. The molecular formula is C55H83NO4P+. The highest BCUT2D eigenvalue weighted by atomic mass is 31.2. The lowest BCUT2D eigenvalue weighted by atomic mass is 9.86. The van der Waals surface area contributed by atoms with E-state index in [4.69, 9.17) is 4.74 Å². The van der Waals surface area contributed by atoms with E-state index in [1.807, 2.05) is 13.8 Å². The largest absolute Gasteiger partial charge is 0.480 e. The van der Waals surface area contributed by atoms with Crippen LogP contribution in [-0.4, -0.2) is 51.8 Å². The van der Waals surface area contributed by atoms with Gasteiger partial charge in [-0.3, -0.25) is 14.5 Å². The first-order valence-corrected chi connectivity index (χ1v) is 26.4. The van der Waals surface area contributed by atoms with Gasteiger partial charge in [0.2, 0.25) is 0 Å². The molecule has 1 N–H and O–H groups in total. The molecule has 0 aromatic heterocycles. The first kappa shape index (κ1) is 50.4. The third-order valence-corrected chi connectivity index (χ3v) is 17.9. The average molecular weight is 853 g/mol. The normalized spacial score (nSPS) is 16.8. The summed E-state index contributed by atoms with van der Waals surface area (Å²) in [5.74, 6) is -1.30. The molecule has 0 radical (unpaired) electrons. The number of carboxylic acid groups (broad SMARTS) is 1. The van der Waals surface area contributed by atoms with Gasteiger partial charge in [0, 0.05) is 11.1 Å². The molecule has 5 nitrogen and oxygen atoms in total. The smallest absolute Gasteiger partial charge is 0.320 e. The van der Waals surface area contributed by atoms with Crippen LogP contribution < -0.4 is 15.9 Å². The van der Waals surface area contributed by atoms with Crippen LogP contribution in [0.15, 0.2) is 103 Å². The minimum atomic E-state index is -1.76. The number of rotatable bonds is 31. The molecule has 0 aliphatic carbocycles. The maximum Gasteiger partial charge on any atom is 0.320 e. The van der Waals surface area contributed by atoms with Gasteiger partial charge < -0.3 is 9.84 Å². The second kappa shape index (κ2) is 27.0. The van der Waals surface area contributed by atoms with Crippen molar-refractivity contribution in [1.82, 2.24) is 4.90 Å². The Hall–Kier alpha value is -3.27. The number of hydrogen-bond acceptors (Lipinski definition) is 4. The summed E-state index contributed by atoms with van der Waals surface area (Å²) in [6.45, 7) is 11.0. The lowest BCUT2D eigenvalue weighted by Crippen LogP contribution is -2.58. The fraction of sp³-hybridized carbons (Fsp3) is 0.600. The molecule has 1 aliphatic rings. The van der Waals surface area contributed by atoms with E-state index in [9.17, 15) is 14.7 Å². The van der Waals surface area contributed by atoms with Crippen molar-refractivity contribution in [3.8, 4) is 0 Å². The Morgan fingerprint density at radius 3 is 1.54 bits per heavy atom. The summed E-state index contributed by atoms with van der Waals surface area (Å²) in [7, 11) is -1.76. The predicted molar refractivity (Wildman–Crippen MR) is 262 cm³/mol. The minimum absolute atomic E-state index is 0.172. The highest BCUT2D eigenvalue weighted by Crippen LogP contribution is 2.56. The number of carbonyl (C=O) groups excluding carboxylic acids is 1. The summed E-state index contributed by atoms with van der Waals surface area (Å²) in [5, 5.41) is 14.8. The Morgan fingerprint density at radius 2 is 1.07 bits per heavy atom. The van der Waals surface area contributed by atoms with Crippen LogP contribution in [0.4, 0.5) is 0 Å². The van der Waals surface area contributed by atoms with Crippen LogP contribution in [0.5, 0.6) is 0 Å². The molecule has 3 aromatic carbocycles. The number of carboxylic acids is 1. The summed E-state index contributed by atoms with van der Waals surface area (Å²) < 4.78 is 5.92. The second-order valence-electron chi connectivity index (χ2n) is 19.0. The minimum Gasteiger partial charge on any atom is -0.480 e. The molecule has 0 saturated carbocycles. The lowest BCUT2D eigenvalue weighted by molar-refractivity contribution is -0.155. The van der Waals surface area contributed by atoms with E-state index in [0.29, 0.717) is 19.4 Å². The number of benzene rings is 3. The van der Waals surface area contributed by atoms with Gasteiger partial charge in [-0.1, -0.05) is 157 Å². The number of allylic oxidation sites excluding steroid dienone is 2. The molecule has 3 aromatic rings. The van der Waals surface area contributed by atoms with Gasteiger partial charge in [0.1, 0.15) is 29.2 Å². The second-order valence-corrected chi connectivity index (χ2v) is 22.6. The number of esters is 1. The third-order valence-electron chi connectivity index (χ3n) is 13.4. The van der Waals surface area contributed by atoms with Gasteiger partial charge >= 0.3 is 11.9 Å². The fourth-order valence-electron chi connectivity index (χ4n) is 10.3. The van der Waals surface area contributed by atoms with E-state index >= 15 is 0 Å². The predicted octanol–water partition coefficient (Wildman–Crippen LogP) is 13.6. The molecule has 0 amide bonds. The van der Waals surface area contributed by atoms with Crippen LogP contribution in [0.1, 0.15) is 176 Å². The molecular weight excluding hydrogens is 770 g/mol. The first-order chi connectivity index (χ1) is 29.6. The van der Waals surface area contributed by atoms with Crippen molar-refractivity contribution in [3.05, 3.63) is 103 Å². The molecule has 336 valence electrons. The molecule has 0 spiro atoms. The van der Waals surface area contributed by atoms with Gasteiger partial charge in [-0.05, 0) is 122 Å². The molecule has 6 heteroatoms. The summed E-state index contributed by atoms with van der Waals surface area (Å²) in [6.07, 6.45) is 30.8. The van der Waals surface area contributed by atoms with Gasteiger partial charge in [0.15, 0.2) is 0 Å². The molecule has 2 unspecified atom stereocenters. The van der Waals surface area contributed by atoms with Gasteiger partial charge in [-0.25, -0.2) is 0 Å². The van der Waals surface area contributed by atoms with E-state index in [0.717, 1.165) is 51.4 Å². The van der Waals surface area contributed by atoms with Crippen molar-refractivity contribution >= 4 is 35.1 Å². The van der Waals surface area contributed by atoms with Gasteiger partial charge in [0.05, 0.1) is 18.7 Å². The third kappa shape index (κ3) is 15.5. The van der Waals surface area contributed by atoms with Crippen molar-refractivity contribution in [2.45, 2.75) is 193 Å². The Morgan fingerprint density at radius 1 is 0.639 bits per heavy atom. The lowest BCUT2D eigenvalue weighted by Gasteiger charge is -2.45. The molecule has 1 aliphatic heterocycles. The topological polar surface area (TPSA) is 66.8 Å². The molecule has 1 fully saturated rings. The molecule has 61 heavy (non-hydrogen) atoms. The quantitative estimate of drug-likeness (QED) is 0.0302. The monoisotopic (exact) mass is 853 g/mol. The number of hydrogen-bond donors (Lipinski definition) is 1. The number of likely N-dealkylation sites (tertiary alicyclic amines) is 1. The number of carbonyl (C=O) groups is 2. The van der Waals surface area contributed by atoms with Crippen LogP contribution in [0.2, 0.25) is 0 Å². The number of aliphatic carboxylic acids is 1. The highest BCUT2D eigenvalue weighted by Gasteiger charge is 2.58. The molecule has 0 bridgehead atoms. The Labute approximate surface area is 372 Å². The molecule has 4 rings (SSSR count). The molecule has 1 heterocycles. The first-order valence-electron chi connectivity index (χ1n) is 24.4. The molecule has 2 atom stereocenters. The number of unbranched alkanes of at least 4 members (excludes halogenated alkanes) is 17. The summed E-state index contributed by atoms with van der Waals surface area (Å²) in [6, 6.07) is 33.0. The van der Waals surface area contributed by atoms with E-state index in [-0.39, 0.29) is 11.9 Å². The highest BCUT2D eigenvalue weighted by molar-refractivity contribution is 7.95. The van der Waals surface area contributed by atoms with Gasteiger partial charge in [-0.2, -0.15) is 0 Å². The standard InChI is InChI=1S/C55H82NO4P/c1-6-7-8-9-10-11-12-13-14-15-16-19-22-34-43-51(52(57)58)56-54(2,3)46-50(55(56,4)5)53(59)60-44-35-23-20-17-18-21-24-36-45-61(47-37-28-25-29-38-47,48-39-30-26-31-40-48)49-41-32-27-33-42-49/h13-14,25-33,37-42,50-51H,6-12,15-24,34-36,43-46H2,1-5H3/p+1/b14-13-. The number of ether oxygens (including phenoxy) is 1. The zero-order valence-electron chi connectivity index (χ0n) is 39.0.